The molecule has 0 saturated heterocycles. The summed E-state index contributed by atoms with van der Waals surface area (Å²) in [6.45, 7) is 0.561. The van der Waals surface area contributed by atoms with Crippen LogP contribution in [0.3, 0.4) is 0 Å². The normalized spacial score (nSPS) is 10.3. The number of ether oxygens (including phenoxy) is 1. The third-order valence-corrected chi connectivity index (χ3v) is 3.38. The van der Waals surface area contributed by atoms with Crippen molar-refractivity contribution in [2.45, 2.75) is 13.0 Å². The molecule has 2 aromatic rings. The molecule has 2 rings (SSSR count). The summed E-state index contributed by atoms with van der Waals surface area (Å²) >= 11 is 5.77. The molecule has 22 heavy (non-hydrogen) atoms. The number of aliphatic hydroxyl groups excluding tert-OH is 1. The van der Waals surface area contributed by atoms with Gasteiger partial charge in [-0.2, -0.15) is 0 Å². The fraction of sp³-hybridized carbons (Fsp3) is 0.235. The maximum absolute atomic E-state index is 11.7. The van der Waals surface area contributed by atoms with E-state index in [0.717, 1.165) is 17.5 Å². The number of nitrogens with one attached hydrogen (secondary N) is 1. The van der Waals surface area contributed by atoms with E-state index in [-0.39, 0.29) is 19.1 Å². The molecule has 0 saturated carbocycles. The highest BCUT2D eigenvalue weighted by Gasteiger charge is 2.03. The highest BCUT2D eigenvalue weighted by molar-refractivity contribution is 6.30. The Labute approximate surface area is 134 Å². The van der Waals surface area contributed by atoms with Crippen LogP contribution in [0.25, 0.3) is 0 Å². The first-order chi connectivity index (χ1) is 10.7. The van der Waals surface area contributed by atoms with Gasteiger partial charge in [0, 0.05) is 11.6 Å². The average Bonchev–Trinajstić information content (AvgIpc) is 2.55. The van der Waals surface area contributed by atoms with Crippen molar-refractivity contribution in [2.75, 3.05) is 13.2 Å². The van der Waals surface area contributed by atoms with Crippen molar-refractivity contribution < 1.29 is 14.6 Å². The van der Waals surface area contributed by atoms with Gasteiger partial charge in [0.05, 0.1) is 6.61 Å². The monoisotopic (exact) mass is 319 g/mol. The van der Waals surface area contributed by atoms with Crippen LogP contribution in [0.1, 0.15) is 11.1 Å². The van der Waals surface area contributed by atoms with Crippen LogP contribution in [-0.2, 0) is 17.8 Å². The minimum absolute atomic E-state index is 0.0227. The SMILES string of the molecule is O=C(COc1ccc(Cl)cc1)NCCc1ccc(CO)cc1. The summed E-state index contributed by atoms with van der Waals surface area (Å²) in [5.41, 5.74) is 1.99. The Bertz CT molecular complexity index is 596. The molecule has 2 aromatic carbocycles. The summed E-state index contributed by atoms with van der Waals surface area (Å²) in [6, 6.07) is 14.5. The van der Waals surface area contributed by atoms with Gasteiger partial charge in [-0.15, -0.1) is 0 Å². The molecule has 0 aliphatic heterocycles. The number of benzene rings is 2. The van der Waals surface area contributed by atoms with Crippen LogP contribution in [0.4, 0.5) is 0 Å². The van der Waals surface area contributed by atoms with Crippen LogP contribution in [0.5, 0.6) is 5.75 Å². The van der Waals surface area contributed by atoms with Gasteiger partial charge in [-0.05, 0) is 41.8 Å². The molecule has 0 unspecified atom stereocenters. The largest absolute Gasteiger partial charge is 0.484 e. The molecule has 1 amide bonds. The second-order valence-corrected chi connectivity index (χ2v) is 5.25. The first-order valence-electron chi connectivity index (χ1n) is 7.01. The van der Waals surface area contributed by atoms with E-state index in [9.17, 15) is 4.79 Å². The van der Waals surface area contributed by atoms with Crippen LogP contribution < -0.4 is 10.1 Å². The minimum Gasteiger partial charge on any atom is -0.484 e. The highest BCUT2D eigenvalue weighted by Crippen LogP contribution is 2.15. The van der Waals surface area contributed by atoms with Crippen LogP contribution in [0.15, 0.2) is 48.5 Å². The fourth-order valence-electron chi connectivity index (χ4n) is 1.89. The van der Waals surface area contributed by atoms with Crippen molar-refractivity contribution in [3.05, 3.63) is 64.7 Å². The van der Waals surface area contributed by atoms with E-state index in [2.05, 4.69) is 5.32 Å². The Kier molecular flexibility index (Phi) is 6.25. The molecule has 2 N–H and O–H groups in total. The van der Waals surface area contributed by atoms with Crippen LogP contribution in [-0.4, -0.2) is 24.2 Å². The minimum atomic E-state index is -0.165. The Morgan fingerprint density at radius 1 is 1.05 bits per heavy atom. The van der Waals surface area contributed by atoms with E-state index >= 15 is 0 Å². The van der Waals surface area contributed by atoms with Crippen molar-refractivity contribution >= 4 is 17.5 Å². The van der Waals surface area contributed by atoms with Gasteiger partial charge in [0.25, 0.3) is 5.91 Å². The standard InChI is InChI=1S/C17H18ClNO3/c18-15-5-7-16(8-6-15)22-12-17(21)19-10-9-13-1-3-14(11-20)4-2-13/h1-8,20H,9-12H2,(H,19,21). The Hall–Kier alpha value is -2.04. The lowest BCUT2D eigenvalue weighted by Crippen LogP contribution is -2.30. The summed E-state index contributed by atoms with van der Waals surface area (Å²) in [5.74, 6) is 0.445. The van der Waals surface area contributed by atoms with E-state index in [1.807, 2.05) is 24.3 Å². The number of rotatable bonds is 7. The Morgan fingerprint density at radius 2 is 1.68 bits per heavy atom. The number of hydrogen-bond acceptors (Lipinski definition) is 3. The van der Waals surface area contributed by atoms with Gasteiger partial charge in [0.1, 0.15) is 5.75 Å². The molecule has 0 atom stereocenters. The lowest BCUT2D eigenvalue weighted by Gasteiger charge is -2.08. The van der Waals surface area contributed by atoms with Gasteiger partial charge >= 0.3 is 0 Å². The van der Waals surface area contributed by atoms with E-state index in [1.165, 1.54) is 0 Å². The number of aliphatic hydroxyl groups is 1. The van der Waals surface area contributed by atoms with Gasteiger partial charge in [-0.25, -0.2) is 0 Å². The zero-order valence-corrected chi connectivity index (χ0v) is 12.8. The number of hydrogen-bond donors (Lipinski definition) is 2. The first kappa shape index (κ1) is 16.3. The van der Waals surface area contributed by atoms with Gasteiger partial charge in [0.2, 0.25) is 0 Å². The summed E-state index contributed by atoms with van der Waals surface area (Å²) in [5, 5.41) is 12.4. The zero-order chi connectivity index (χ0) is 15.8. The summed E-state index contributed by atoms with van der Waals surface area (Å²) in [4.78, 5) is 11.7. The molecule has 0 fully saturated rings. The molecule has 0 heterocycles. The molecule has 0 aliphatic rings. The highest BCUT2D eigenvalue weighted by atomic mass is 35.5. The molecule has 116 valence electrons. The topological polar surface area (TPSA) is 58.6 Å². The Morgan fingerprint density at radius 3 is 2.32 bits per heavy atom. The summed E-state index contributed by atoms with van der Waals surface area (Å²) < 4.78 is 5.36. The van der Waals surface area contributed by atoms with E-state index in [1.54, 1.807) is 24.3 Å². The van der Waals surface area contributed by atoms with Crippen molar-refractivity contribution in [1.82, 2.24) is 5.32 Å². The van der Waals surface area contributed by atoms with Gasteiger partial charge < -0.3 is 15.2 Å². The maximum Gasteiger partial charge on any atom is 0.257 e. The number of halogens is 1. The van der Waals surface area contributed by atoms with Gasteiger partial charge in [0.15, 0.2) is 6.61 Å². The van der Waals surface area contributed by atoms with Crippen molar-refractivity contribution in [3.63, 3.8) is 0 Å². The number of carbonyl (C=O) groups excluding carboxylic acids is 1. The third kappa shape index (κ3) is 5.39. The van der Waals surface area contributed by atoms with Gasteiger partial charge in [-0.1, -0.05) is 35.9 Å². The van der Waals surface area contributed by atoms with Crippen molar-refractivity contribution in [2.24, 2.45) is 0 Å². The van der Waals surface area contributed by atoms with Crippen molar-refractivity contribution in [1.29, 1.82) is 0 Å². The van der Waals surface area contributed by atoms with Crippen molar-refractivity contribution in [3.8, 4) is 5.75 Å². The summed E-state index contributed by atoms with van der Waals surface area (Å²) in [7, 11) is 0. The van der Waals surface area contributed by atoms with Crippen LogP contribution >= 0.6 is 11.6 Å². The molecular weight excluding hydrogens is 302 g/mol. The molecule has 0 bridgehead atoms. The molecule has 4 nitrogen and oxygen atoms in total. The molecule has 5 heteroatoms. The van der Waals surface area contributed by atoms with Crippen LogP contribution in [0.2, 0.25) is 5.02 Å². The number of carbonyl (C=O) groups is 1. The second kappa shape index (κ2) is 8.41. The maximum atomic E-state index is 11.7. The lowest BCUT2D eigenvalue weighted by atomic mass is 10.1. The molecule has 0 aromatic heterocycles. The third-order valence-electron chi connectivity index (χ3n) is 3.12. The smallest absolute Gasteiger partial charge is 0.257 e. The van der Waals surface area contributed by atoms with Gasteiger partial charge in [-0.3, -0.25) is 4.79 Å². The molecule has 0 radical (unpaired) electrons. The van der Waals surface area contributed by atoms with E-state index in [4.69, 9.17) is 21.4 Å². The predicted octanol–water partition coefficient (Wildman–Crippen LogP) is 2.57. The number of amides is 1. The predicted molar refractivity (Wildman–Crippen MR) is 86.0 cm³/mol. The van der Waals surface area contributed by atoms with E-state index in [0.29, 0.717) is 17.3 Å². The molecule has 0 aliphatic carbocycles. The summed E-state index contributed by atoms with van der Waals surface area (Å²) in [6.07, 6.45) is 0.735. The lowest BCUT2D eigenvalue weighted by molar-refractivity contribution is -0.123. The zero-order valence-electron chi connectivity index (χ0n) is 12.1. The molecule has 0 spiro atoms. The fourth-order valence-corrected chi connectivity index (χ4v) is 2.01. The Balaban J connectivity index is 1.67. The van der Waals surface area contributed by atoms with Crippen LogP contribution in [0, 0.1) is 0 Å². The van der Waals surface area contributed by atoms with E-state index < -0.39 is 0 Å². The quantitative estimate of drug-likeness (QED) is 0.824. The average molecular weight is 320 g/mol. The second-order valence-electron chi connectivity index (χ2n) is 4.82. The molecular formula is C17H18ClNO3. The first-order valence-corrected chi connectivity index (χ1v) is 7.39.